The molecule has 0 fully saturated rings. The summed E-state index contributed by atoms with van der Waals surface area (Å²) in [4.78, 5) is 0. The van der Waals surface area contributed by atoms with E-state index in [0.29, 0.717) is 0 Å². The highest BCUT2D eigenvalue weighted by molar-refractivity contribution is 5.28. The van der Waals surface area contributed by atoms with Gasteiger partial charge in [-0.25, -0.2) is 0 Å². The Kier molecular flexibility index (Phi) is 6.06. The van der Waals surface area contributed by atoms with Crippen LogP contribution in [0.25, 0.3) is 0 Å². The van der Waals surface area contributed by atoms with Crippen molar-refractivity contribution in [3.8, 4) is 5.75 Å². The van der Waals surface area contributed by atoms with Crippen LogP contribution in [0.4, 0.5) is 0 Å². The lowest BCUT2D eigenvalue weighted by Crippen LogP contribution is -2.17. The van der Waals surface area contributed by atoms with Crippen LogP contribution in [0.15, 0.2) is 24.3 Å². The van der Waals surface area contributed by atoms with Gasteiger partial charge in [-0.3, -0.25) is 0 Å². The zero-order chi connectivity index (χ0) is 12.7. The second-order valence-corrected chi connectivity index (χ2v) is 5.21. The van der Waals surface area contributed by atoms with E-state index in [1.165, 1.54) is 12.0 Å². The van der Waals surface area contributed by atoms with Gasteiger partial charge in [-0.1, -0.05) is 26.0 Å². The largest absolute Gasteiger partial charge is 0.494 e. The second-order valence-electron chi connectivity index (χ2n) is 5.21. The smallest absolute Gasteiger partial charge is 0.119 e. The van der Waals surface area contributed by atoms with Gasteiger partial charge in [0.15, 0.2) is 0 Å². The van der Waals surface area contributed by atoms with Crippen LogP contribution in [0.5, 0.6) is 5.75 Å². The molecule has 0 aliphatic heterocycles. The first-order valence-electron chi connectivity index (χ1n) is 6.55. The molecule has 2 heteroatoms. The number of benzene rings is 1. The number of rotatable bonds is 7. The molecule has 0 spiro atoms. The van der Waals surface area contributed by atoms with E-state index in [-0.39, 0.29) is 6.04 Å². The van der Waals surface area contributed by atoms with E-state index in [0.717, 1.165) is 31.1 Å². The Bertz CT molecular complexity index is 320. The third-order valence-corrected chi connectivity index (χ3v) is 2.65. The summed E-state index contributed by atoms with van der Waals surface area (Å²) in [6.07, 6.45) is 3.25. The quantitative estimate of drug-likeness (QED) is 0.735. The van der Waals surface area contributed by atoms with Gasteiger partial charge in [0, 0.05) is 6.04 Å². The molecular weight excluding hydrogens is 210 g/mol. The topological polar surface area (TPSA) is 35.2 Å². The molecule has 0 aromatic heterocycles. The molecule has 1 atom stereocenters. The maximum Gasteiger partial charge on any atom is 0.119 e. The second kappa shape index (κ2) is 7.33. The number of ether oxygens (including phenoxy) is 1. The summed E-state index contributed by atoms with van der Waals surface area (Å²) >= 11 is 0. The van der Waals surface area contributed by atoms with E-state index in [1.807, 2.05) is 19.1 Å². The van der Waals surface area contributed by atoms with Crippen molar-refractivity contribution in [2.24, 2.45) is 11.7 Å². The summed E-state index contributed by atoms with van der Waals surface area (Å²) in [7, 11) is 0. The third kappa shape index (κ3) is 6.32. The first-order valence-corrected chi connectivity index (χ1v) is 6.55. The van der Waals surface area contributed by atoms with Crippen molar-refractivity contribution in [1.29, 1.82) is 0 Å². The first-order chi connectivity index (χ1) is 8.08. The van der Waals surface area contributed by atoms with Crippen molar-refractivity contribution >= 4 is 0 Å². The average molecular weight is 235 g/mol. The van der Waals surface area contributed by atoms with Crippen LogP contribution in [-0.2, 0) is 6.42 Å². The van der Waals surface area contributed by atoms with E-state index in [2.05, 4.69) is 26.0 Å². The Morgan fingerprint density at radius 2 is 2.00 bits per heavy atom. The lowest BCUT2D eigenvalue weighted by atomic mass is 10.1. The SMILES string of the molecule is CC(C)CCCOc1cccc(CC(C)N)c1. The molecule has 2 nitrogen and oxygen atoms in total. The van der Waals surface area contributed by atoms with Crippen molar-refractivity contribution in [3.63, 3.8) is 0 Å². The number of nitrogens with two attached hydrogens (primary N) is 1. The zero-order valence-electron chi connectivity index (χ0n) is 11.3. The van der Waals surface area contributed by atoms with Gasteiger partial charge in [-0.2, -0.15) is 0 Å². The van der Waals surface area contributed by atoms with E-state index in [4.69, 9.17) is 10.5 Å². The van der Waals surface area contributed by atoms with Gasteiger partial charge >= 0.3 is 0 Å². The molecular formula is C15H25NO. The van der Waals surface area contributed by atoms with Crippen molar-refractivity contribution in [2.75, 3.05) is 6.61 Å². The van der Waals surface area contributed by atoms with Crippen molar-refractivity contribution in [1.82, 2.24) is 0 Å². The molecule has 1 aromatic carbocycles. The standard InChI is InChI=1S/C15H25NO/c1-12(2)6-5-9-17-15-8-4-7-14(11-15)10-13(3)16/h4,7-8,11-13H,5-6,9-10,16H2,1-3H3. The minimum Gasteiger partial charge on any atom is -0.494 e. The Labute approximate surface area is 105 Å². The van der Waals surface area contributed by atoms with Crippen LogP contribution in [0.1, 0.15) is 39.2 Å². The van der Waals surface area contributed by atoms with E-state index >= 15 is 0 Å². The van der Waals surface area contributed by atoms with Crippen LogP contribution in [0.2, 0.25) is 0 Å². The predicted molar refractivity (Wildman–Crippen MR) is 73.4 cm³/mol. The highest BCUT2D eigenvalue weighted by Crippen LogP contribution is 2.15. The molecule has 0 saturated heterocycles. The molecule has 0 aliphatic rings. The molecule has 17 heavy (non-hydrogen) atoms. The zero-order valence-corrected chi connectivity index (χ0v) is 11.3. The monoisotopic (exact) mass is 235 g/mol. The molecule has 1 rings (SSSR count). The Morgan fingerprint density at radius 1 is 1.24 bits per heavy atom. The molecule has 1 aromatic rings. The van der Waals surface area contributed by atoms with Gasteiger partial charge in [-0.05, 0) is 49.8 Å². The first kappa shape index (κ1) is 14.0. The summed E-state index contributed by atoms with van der Waals surface area (Å²) in [6.45, 7) is 7.31. The summed E-state index contributed by atoms with van der Waals surface area (Å²) < 4.78 is 5.74. The van der Waals surface area contributed by atoms with E-state index < -0.39 is 0 Å². The summed E-state index contributed by atoms with van der Waals surface area (Å²) in [5.41, 5.74) is 7.04. The van der Waals surface area contributed by atoms with E-state index in [1.54, 1.807) is 0 Å². The van der Waals surface area contributed by atoms with Gasteiger partial charge in [0.1, 0.15) is 5.75 Å². The summed E-state index contributed by atoms with van der Waals surface area (Å²) in [5.74, 6) is 1.72. The fourth-order valence-electron chi connectivity index (χ4n) is 1.82. The van der Waals surface area contributed by atoms with Gasteiger partial charge in [0.25, 0.3) is 0 Å². The number of hydrogen-bond donors (Lipinski definition) is 1. The molecule has 0 heterocycles. The molecule has 0 amide bonds. The van der Waals surface area contributed by atoms with Gasteiger partial charge in [0.05, 0.1) is 6.61 Å². The maximum absolute atomic E-state index is 5.79. The molecule has 1 unspecified atom stereocenters. The number of hydrogen-bond acceptors (Lipinski definition) is 2. The van der Waals surface area contributed by atoms with Gasteiger partial charge < -0.3 is 10.5 Å². The molecule has 0 radical (unpaired) electrons. The van der Waals surface area contributed by atoms with Gasteiger partial charge in [0.2, 0.25) is 0 Å². The van der Waals surface area contributed by atoms with Crippen molar-refractivity contribution < 1.29 is 4.74 Å². The van der Waals surface area contributed by atoms with Gasteiger partial charge in [-0.15, -0.1) is 0 Å². The van der Waals surface area contributed by atoms with Crippen molar-refractivity contribution in [2.45, 2.75) is 46.1 Å². The lowest BCUT2D eigenvalue weighted by molar-refractivity contribution is 0.297. The Hall–Kier alpha value is -1.02. The minimum atomic E-state index is 0.200. The lowest BCUT2D eigenvalue weighted by Gasteiger charge is -2.10. The van der Waals surface area contributed by atoms with Crippen LogP contribution in [-0.4, -0.2) is 12.6 Å². The van der Waals surface area contributed by atoms with Crippen LogP contribution >= 0.6 is 0 Å². The molecule has 0 bridgehead atoms. The maximum atomic E-state index is 5.79. The molecule has 2 N–H and O–H groups in total. The normalized spacial score (nSPS) is 12.8. The fraction of sp³-hybridized carbons (Fsp3) is 0.600. The minimum absolute atomic E-state index is 0.200. The molecule has 0 saturated carbocycles. The third-order valence-electron chi connectivity index (χ3n) is 2.65. The molecule has 0 aliphatic carbocycles. The van der Waals surface area contributed by atoms with Crippen LogP contribution in [0, 0.1) is 5.92 Å². The molecule has 96 valence electrons. The average Bonchev–Trinajstić information content (AvgIpc) is 2.24. The van der Waals surface area contributed by atoms with Crippen molar-refractivity contribution in [3.05, 3.63) is 29.8 Å². The van der Waals surface area contributed by atoms with Crippen LogP contribution in [0.3, 0.4) is 0 Å². The Morgan fingerprint density at radius 3 is 2.65 bits per heavy atom. The van der Waals surface area contributed by atoms with Crippen LogP contribution < -0.4 is 10.5 Å². The Balaban J connectivity index is 2.37. The predicted octanol–water partition coefficient (Wildman–Crippen LogP) is 3.39. The highest BCUT2D eigenvalue weighted by atomic mass is 16.5. The van der Waals surface area contributed by atoms with E-state index in [9.17, 15) is 0 Å². The summed E-state index contributed by atoms with van der Waals surface area (Å²) in [6, 6.07) is 8.45. The summed E-state index contributed by atoms with van der Waals surface area (Å²) in [5, 5.41) is 0. The fourth-order valence-corrected chi connectivity index (χ4v) is 1.82. The highest BCUT2D eigenvalue weighted by Gasteiger charge is 2.00.